The Morgan fingerprint density at radius 3 is 2.21 bits per heavy atom. The number of hydrogen-bond acceptors (Lipinski definition) is 1. The van der Waals surface area contributed by atoms with Crippen LogP contribution in [0, 0.1) is 11.3 Å². The molecule has 0 aliphatic carbocycles. The average molecular weight is 197 g/mol. The van der Waals surface area contributed by atoms with Crippen molar-refractivity contribution in [2.45, 2.75) is 52.9 Å². The molecule has 1 heterocycles. The molecule has 0 radical (unpaired) electrons. The van der Waals surface area contributed by atoms with Crippen LogP contribution in [-0.4, -0.2) is 25.0 Å². The summed E-state index contributed by atoms with van der Waals surface area (Å²) >= 11 is 0. The Morgan fingerprint density at radius 2 is 1.79 bits per heavy atom. The zero-order chi connectivity index (χ0) is 10.6. The molecule has 1 saturated heterocycles. The van der Waals surface area contributed by atoms with E-state index in [4.69, 9.17) is 0 Å². The third-order valence-electron chi connectivity index (χ3n) is 4.33. The van der Waals surface area contributed by atoms with Gasteiger partial charge in [-0.1, -0.05) is 33.6 Å². The zero-order valence-corrected chi connectivity index (χ0v) is 10.5. The van der Waals surface area contributed by atoms with Crippen LogP contribution in [0.25, 0.3) is 0 Å². The van der Waals surface area contributed by atoms with E-state index in [1.165, 1.54) is 45.2 Å². The maximum Gasteiger partial charge on any atom is -0.00189 e. The summed E-state index contributed by atoms with van der Waals surface area (Å²) in [6.07, 6.45) is 6.95. The van der Waals surface area contributed by atoms with Gasteiger partial charge in [0.15, 0.2) is 0 Å². The van der Waals surface area contributed by atoms with Crippen molar-refractivity contribution in [3.05, 3.63) is 0 Å². The number of hydrogen-bond donors (Lipinski definition) is 0. The molecule has 0 spiro atoms. The highest BCUT2D eigenvalue weighted by Crippen LogP contribution is 2.41. The van der Waals surface area contributed by atoms with Crippen LogP contribution < -0.4 is 0 Å². The fourth-order valence-corrected chi connectivity index (χ4v) is 2.95. The highest BCUT2D eigenvalue weighted by atomic mass is 15.1. The largest absolute Gasteiger partial charge is 0.306 e. The summed E-state index contributed by atoms with van der Waals surface area (Å²) in [5.74, 6) is 0.976. The Bertz CT molecular complexity index is 159. The molecule has 1 nitrogen and oxygen atoms in total. The predicted octanol–water partition coefficient (Wildman–Crippen LogP) is 3.54. The van der Waals surface area contributed by atoms with E-state index in [1.54, 1.807) is 0 Å². The quantitative estimate of drug-likeness (QED) is 0.666. The Labute approximate surface area is 89.9 Å². The van der Waals surface area contributed by atoms with Gasteiger partial charge in [-0.2, -0.15) is 0 Å². The Hall–Kier alpha value is -0.0400. The van der Waals surface area contributed by atoms with Crippen molar-refractivity contribution in [1.82, 2.24) is 4.90 Å². The summed E-state index contributed by atoms with van der Waals surface area (Å²) in [6.45, 7) is 9.82. The van der Waals surface area contributed by atoms with Crippen LogP contribution in [0.4, 0.5) is 0 Å². The van der Waals surface area contributed by atoms with Gasteiger partial charge < -0.3 is 4.90 Å². The smallest absolute Gasteiger partial charge is 0.00189 e. The average Bonchev–Trinajstić information content (AvgIpc) is 2.19. The molecule has 1 heteroatoms. The lowest BCUT2D eigenvalue weighted by Crippen LogP contribution is -2.37. The summed E-state index contributed by atoms with van der Waals surface area (Å²) in [5, 5.41) is 0. The maximum atomic E-state index is 2.51. The fraction of sp³-hybridized carbons (Fsp3) is 1.00. The first kappa shape index (κ1) is 12.0. The van der Waals surface area contributed by atoms with E-state index in [0.29, 0.717) is 5.41 Å². The highest BCUT2D eigenvalue weighted by Gasteiger charge is 2.33. The van der Waals surface area contributed by atoms with Crippen LogP contribution in [-0.2, 0) is 0 Å². The van der Waals surface area contributed by atoms with Crippen LogP contribution in [0.2, 0.25) is 0 Å². The van der Waals surface area contributed by atoms with Crippen LogP contribution in [0.1, 0.15) is 52.9 Å². The van der Waals surface area contributed by atoms with Gasteiger partial charge in [-0.25, -0.2) is 0 Å². The first-order valence-corrected chi connectivity index (χ1v) is 6.31. The van der Waals surface area contributed by atoms with Crippen molar-refractivity contribution in [2.75, 3.05) is 20.1 Å². The molecule has 1 fully saturated rings. The van der Waals surface area contributed by atoms with Crippen molar-refractivity contribution < 1.29 is 0 Å². The van der Waals surface area contributed by atoms with Gasteiger partial charge in [0, 0.05) is 0 Å². The first-order valence-electron chi connectivity index (χ1n) is 6.31. The van der Waals surface area contributed by atoms with Gasteiger partial charge in [0.1, 0.15) is 0 Å². The molecule has 0 aromatic heterocycles. The standard InChI is InChI=1S/C13H27N/c1-5-9-13(3,6-2)12-7-10-14(4)11-8-12/h12H,5-11H2,1-4H3. The SMILES string of the molecule is CCCC(C)(CC)C1CCN(C)CC1. The molecule has 14 heavy (non-hydrogen) atoms. The van der Waals surface area contributed by atoms with Gasteiger partial charge in [0.2, 0.25) is 0 Å². The van der Waals surface area contributed by atoms with E-state index < -0.39 is 0 Å². The van der Waals surface area contributed by atoms with Crippen molar-refractivity contribution in [3.8, 4) is 0 Å². The van der Waals surface area contributed by atoms with Gasteiger partial charge in [-0.3, -0.25) is 0 Å². The molecule has 1 aliphatic heterocycles. The summed E-state index contributed by atoms with van der Waals surface area (Å²) in [7, 11) is 2.25. The van der Waals surface area contributed by atoms with Gasteiger partial charge in [-0.15, -0.1) is 0 Å². The topological polar surface area (TPSA) is 3.24 Å². The normalized spacial score (nSPS) is 24.9. The maximum absolute atomic E-state index is 2.51. The lowest BCUT2D eigenvalue weighted by molar-refractivity contribution is 0.0868. The number of piperidine rings is 1. The molecule has 1 rings (SSSR count). The molecular weight excluding hydrogens is 170 g/mol. The van der Waals surface area contributed by atoms with Crippen molar-refractivity contribution in [1.29, 1.82) is 0 Å². The van der Waals surface area contributed by atoms with Crippen molar-refractivity contribution >= 4 is 0 Å². The second-order valence-corrected chi connectivity index (χ2v) is 5.34. The molecule has 84 valence electrons. The van der Waals surface area contributed by atoms with Crippen LogP contribution in [0.5, 0.6) is 0 Å². The molecule has 1 aliphatic rings. The lowest BCUT2D eigenvalue weighted by atomic mass is 9.68. The van der Waals surface area contributed by atoms with Gasteiger partial charge in [0.05, 0.1) is 0 Å². The minimum atomic E-state index is 0.621. The number of nitrogens with zero attached hydrogens (tertiary/aromatic N) is 1. The monoisotopic (exact) mass is 197 g/mol. The molecule has 0 saturated carbocycles. The van der Waals surface area contributed by atoms with Gasteiger partial charge >= 0.3 is 0 Å². The van der Waals surface area contributed by atoms with E-state index in [2.05, 4.69) is 32.7 Å². The highest BCUT2D eigenvalue weighted by molar-refractivity contribution is 4.84. The summed E-state index contributed by atoms with van der Waals surface area (Å²) in [4.78, 5) is 2.47. The molecule has 1 atom stereocenters. The summed E-state index contributed by atoms with van der Waals surface area (Å²) in [6, 6.07) is 0. The van der Waals surface area contributed by atoms with Crippen molar-refractivity contribution in [3.63, 3.8) is 0 Å². The molecule has 1 unspecified atom stereocenters. The Kier molecular flexibility index (Phi) is 4.43. The van der Waals surface area contributed by atoms with E-state index in [9.17, 15) is 0 Å². The van der Waals surface area contributed by atoms with E-state index in [-0.39, 0.29) is 0 Å². The first-order chi connectivity index (χ1) is 6.62. The molecule has 0 aromatic carbocycles. The predicted molar refractivity (Wildman–Crippen MR) is 63.5 cm³/mol. The third kappa shape index (κ3) is 2.73. The molecule has 0 aromatic rings. The van der Waals surface area contributed by atoms with Crippen LogP contribution in [0.15, 0.2) is 0 Å². The second-order valence-electron chi connectivity index (χ2n) is 5.34. The summed E-state index contributed by atoms with van der Waals surface area (Å²) in [5.41, 5.74) is 0.621. The van der Waals surface area contributed by atoms with Crippen LogP contribution in [0.3, 0.4) is 0 Å². The van der Waals surface area contributed by atoms with Crippen molar-refractivity contribution in [2.24, 2.45) is 11.3 Å². The Balaban J connectivity index is 2.52. The molecular formula is C13H27N. The van der Waals surface area contributed by atoms with E-state index >= 15 is 0 Å². The minimum absolute atomic E-state index is 0.621. The fourth-order valence-electron chi connectivity index (χ4n) is 2.95. The van der Waals surface area contributed by atoms with Gasteiger partial charge in [-0.05, 0) is 50.7 Å². The molecule has 0 bridgehead atoms. The third-order valence-corrected chi connectivity index (χ3v) is 4.33. The molecule has 0 amide bonds. The van der Waals surface area contributed by atoms with E-state index in [0.717, 1.165) is 5.92 Å². The van der Waals surface area contributed by atoms with Crippen LogP contribution >= 0.6 is 0 Å². The molecule has 0 N–H and O–H groups in total. The van der Waals surface area contributed by atoms with E-state index in [1.807, 2.05) is 0 Å². The Morgan fingerprint density at radius 1 is 1.21 bits per heavy atom. The zero-order valence-electron chi connectivity index (χ0n) is 10.5. The number of likely N-dealkylation sites (tertiary alicyclic amines) is 1. The van der Waals surface area contributed by atoms with Gasteiger partial charge in [0.25, 0.3) is 0 Å². The minimum Gasteiger partial charge on any atom is -0.306 e. The number of rotatable bonds is 4. The lowest BCUT2D eigenvalue weighted by Gasteiger charge is -2.41. The second kappa shape index (κ2) is 5.16. The summed E-state index contributed by atoms with van der Waals surface area (Å²) < 4.78 is 0.